The van der Waals surface area contributed by atoms with Crippen LogP contribution in [0, 0.1) is 0 Å². The van der Waals surface area contributed by atoms with Crippen LogP contribution in [0.2, 0.25) is 0 Å². The minimum absolute atomic E-state index is 0.121. The number of halogens is 4. The monoisotopic (exact) mass is 406 g/mol. The molecule has 102 valence electrons. The van der Waals surface area contributed by atoms with E-state index < -0.39 is 29.0 Å². The highest BCUT2D eigenvalue weighted by Gasteiger charge is 2.30. The fourth-order valence-corrected chi connectivity index (χ4v) is 3.60. The Labute approximate surface area is 120 Å². The topological polar surface area (TPSA) is 72.2 Å². The van der Waals surface area contributed by atoms with Crippen LogP contribution < -0.4 is 10.5 Å². The van der Waals surface area contributed by atoms with Gasteiger partial charge < -0.3 is 5.73 Å². The van der Waals surface area contributed by atoms with E-state index in [4.69, 9.17) is 5.73 Å². The number of benzene rings is 1. The Kier molecular flexibility index (Phi) is 5.24. The maximum atomic E-state index is 12.9. The summed E-state index contributed by atoms with van der Waals surface area (Å²) in [5.74, 6) is -3.27. The van der Waals surface area contributed by atoms with Crippen molar-refractivity contribution in [2.24, 2.45) is 5.73 Å². The molecule has 0 fully saturated rings. The second-order valence-corrected chi connectivity index (χ2v) is 6.96. The molecule has 18 heavy (non-hydrogen) atoms. The van der Waals surface area contributed by atoms with Gasteiger partial charge in [0.25, 0.3) is 5.92 Å². The lowest BCUT2D eigenvalue weighted by atomic mass is 10.3. The molecule has 0 saturated carbocycles. The summed E-state index contributed by atoms with van der Waals surface area (Å²) < 4.78 is 52.1. The summed E-state index contributed by atoms with van der Waals surface area (Å²) >= 11 is 6.16. The van der Waals surface area contributed by atoms with Gasteiger partial charge in [-0.15, -0.1) is 0 Å². The van der Waals surface area contributed by atoms with Crippen molar-refractivity contribution in [3.63, 3.8) is 0 Å². The first kappa shape index (κ1) is 16.0. The highest BCUT2D eigenvalue weighted by atomic mass is 79.9. The predicted molar refractivity (Wildman–Crippen MR) is 71.0 cm³/mol. The van der Waals surface area contributed by atoms with Crippen LogP contribution >= 0.6 is 31.9 Å². The number of nitrogens with one attached hydrogen (secondary N) is 1. The van der Waals surface area contributed by atoms with Crippen molar-refractivity contribution in [2.45, 2.75) is 10.8 Å². The molecule has 0 saturated heterocycles. The molecular formula is C9H10Br2F2N2O2S. The van der Waals surface area contributed by atoms with Crippen LogP contribution in [-0.4, -0.2) is 27.4 Å². The minimum Gasteiger partial charge on any atom is -0.325 e. The zero-order valence-electron chi connectivity index (χ0n) is 8.96. The Bertz CT molecular complexity index is 537. The Hall–Kier alpha value is -0.0900. The molecule has 4 nitrogen and oxygen atoms in total. The Morgan fingerprint density at radius 1 is 1.33 bits per heavy atom. The van der Waals surface area contributed by atoms with Crippen LogP contribution in [0.25, 0.3) is 0 Å². The SMILES string of the molecule is NCC(F)(F)CNS(=O)(=O)c1cc(Br)ccc1Br. The molecule has 0 aliphatic carbocycles. The third-order valence-corrected chi connectivity index (χ3v) is 4.89. The summed E-state index contributed by atoms with van der Waals surface area (Å²) in [5.41, 5.74) is 4.83. The van der Waals surface area contributed by atoms with E-state index >= 15 is 0 Å². The van der Waals surface area contributed by atoms with E-state index in [0.717, 1.165) is 0 Å². The van der Waals surface area contributed by atoms with E-state index in [1.54, 1.807) is 6.07 Å². The summed E-state index contributed by atoms with van der Waals surface area (Å²) in [7, 11) is -4.02. The second kappa shape index (κ2) is 5.91. The second-order valence-electron chi connectivity index (χ2n) is 3.46. The Morgan fingerprint density at radius 3 is 2.50 bits per heavy atom. The van der Waals surface area contributed by atoms with Crippen molar-refractivity contribution in [3.05, 3.63) is 27.1 Å². The molecule has 0 aliphatic rings. The van der Waals surface area contributed by atoms with Gasteiger partial charge in [-0.05, 0) is 34.1 Å². The molecule has 0 bridgehead atoms. The van der Waals surface area contributed by atoms with Crippen LogP contribution in [0.4, 0.5) is 8.78 Å². The lowest BCUT2D eigenvalue weighted by Crippen LogP contribution is -2.41. The third kappa shape index (κ3) is 4.23. The van der Waals surface area contributed by atoms with Gasteiger partial charge in [0.05, 0.1) is 18.0 Å². The summed E-state index contributed by atoms with van der Waals surface area (Å²) in [6.45, 7) is -1.96. The number of sulfonamides is 1. The molecule has 1 rings (SSSR count). The van der Waals surface area contributed by atoms with Crippen molar-refractivity contribution in [3.8, 4) is 0 Å². The van der Waals surface area contributed by atoms with E-state index in [9.17, 15) is 17.2 Å². The number of rotatable bonds is 5. The standard InChI is InChI=1S/C9H10Br2F2N2O2S/c10-6-1-2-7(11)8(3-6)18(16,17)15-5-9(12,13)4-14/h1-3,15H,4-5,14H2. The predicted octanol–water partition coefficient (Wildman–Crippen LogP) is 2.08. The summed E-state index contributed by atoms with van der Waals surface area (Å²) in [6, 6.07) is 4.43. The quantitative estimate of drug-likeness (QED) is 0.784. The van der Waals surface area contributed by atoms with E-state index in [2.05, 4.69) is 31.9 Å². The molecule has 9 heteroatoms. The van der Waals surface area contributed by atoms with Crippen LogP contribution in [0.5, 0.6) is 0 Å². The minimum atomic E-state index is -4.02. The first-order valence-corrected chi connectivity index (χ1v) is 7.77. The third-order valence-electron chi connectivity index (χ3n) is 2.00. The number of hydrogen-bond acceptors (Lipinski definition) is 3. The van der Waals surface area contributed by atoms with Gasteiger partial charge in [0.1, 0.15) is 0 Å². The van der Waals surface area contributed by atoms with Gasteiger partial charge in [-0.1, -0.05) is 15.9 Å². The van der Waals surface area contributed by atoms with Crippen molar-refractivity contribution in [1.29, 1.82) is 0 Å². The summed E-state index contributed by atoms with van der Waals surface area (Å²) in [6.07, 6.45) is 0. The van der Waals surface area contributed by atoms with Gasteiger partial charge in [0, 0.05) is 8.95 Å². The molecule has 1 aromatic rings. The number of hydrogen-bond donors (Lipinski definition) is 2. The van der Waals surface area contributed by atoms with E-state index in [0.29, 0.717) is 4.47 Å². The van der Waals surface area contributed by atoms with E-state index in [-0.39, 0.29) is 9.37 Å². The van der Waals surface area contributed by atoms with Crippen molar-refractivity contribution >= 4 is 41.9 Å². The van der Waals surface area contributed by atoms with Crippen molar-refractivity contribution in [1.82, 2.24) is 4.72 Å². The number of alkyl halides is 2. The van der Waals surface area contributed by atoms with Crippen molar-refractivity contribution < 1.29 is 17.2 Å². The first-order chi connectivity index (χ1) is 8.18. The normalized spacial score (nSPS) is 12.7. The molecule has 0 amide bonds. The molecule has 0 atom stereocenters. The van der Waals surface area contributed by atoms with E-state index in [1.165, 1.54) is 12.1 Å². The molecule has 0 radical (unpaired) electrons. The van der Waals surface area contributed by atoms with Gasteiger partial charge in [-0.3, -0.25) is 0 Å². The van der Waals surface area contributed by atoms with Crippen LogP contribution in [0.1, 0.15) is 0 Å². The smallest absolute Gasteiger partial charge is 0.273 e. The summed E-state index contributed by atoms with van der Waals surface area (Å²) in [5, 5.41) is 0. The van der Waals surface area contributed by atoms with Gasteiger partial charge >= 0.3 is 0 Å². The maximum Gasteiger partial charge on any atom is 0.273 e. The molecule has 1 aromatic carbocycles. The highest BCUT2D eigenvalue weighted by Crippen LogP contribution is 2.25. The molecular weight excluding hydrogens is 398 g/mol. The zero-order valence-corrected chi connectivity index (χ0v) is 12.9. The average Bonchev–Trinajstić information content (AvgIpc) is 2.30. The van der Waals surface area contributed by atoms with Crippen LogP contribution in [0.3, 0.4) is 0 Å². The fourth-order valence-electron chi connectivity index (χ4n) is 1.03. The molecule has 0 spiro atoms. The van der Waals surface area contributed by atoms with E-state index in [1.807, 2.05) is 4.72 Å². The maximum absolute atomic E-state index is 12.9. The Balaban J connectivity index is 2.97. The van der Waals surface area contributed by atoms with Gasteiger partial charge in [-0.2, -0.15) is 0 Å². The summed E-state index contributed by atoms with van der Waals surface area (Å²) in [4.78, 5) is -0.121. The zero-order chi connectivity index (χ0) is 14.0. The first-order valence-electron chi connectivity index (χ1n) is 4.70. The average molecular weight is 408 g/mol. The molecule has 3 N–H and O–H groups in total. The molecule has 0 unspecified atom stereocenters. The number of nitrogens with two attached hydrogens (primary N) is 1. The highest BCUT2D eigenvalue weighted by molar-refractivity contribution is 9.11. The lowest BCUT2D eigenvalue weighted by Gasteiger charge is -2.15. The van der Waals surface area contributed by atoms with Crippen LogP contribution in [-0.2, 0) is 10.0 Å². The lowest BCUT2D eigenvalue weighted by molar-refractivity contribution is 0.0170. The molecule has 0 aliphatic heterocycles. The molecule has 0 heterocycles. The van der Waals surface area contributed by atoms with Gasteiger partial charge in [0.15, 0.2) is 0 Å². The largest absolute Gasteiger partial charge is 0.325 e. The van der Waals surface area contributed by atoms with Crippen LogP contribution in [0.15, 0.2) is 32.0 Å². The Morgan fingerprint density at radius 2 is 1.94 bits per heavy atom. The van der Waals surface area contributed by atoms with Gasteiger partial charge in [0.2, 0.25) is 10.0 Å². The van der Waals surface area contributed by atoms with Crippen molar-refractivity contribution in [2.75, 3.05) is 13.1 Å². The van der Waals surface area contributed by atoms with Gasteiger partial charge in [-0.25, -0.2) is 21.9 Å². The fraction of sp³-hybridized carbons (Fsp3) is 0.333. The molecule has 0 aromatic heterocycles.